The van der Waals surface area contributed by atoms with E-state index >= 15 is 0 Å². The van der Waals surface area contributed by atoms with E-state index in [-0.39, 0.29) is 0 Å². The lowest BCUT2D eigenvalue weighted by molar-refractivity contribution is 1.33. The third-order valence-corrected chi connectivity index (χ3v) is 2.07. The summed E-state index contributed by atoms with van der Waals surface area (Å²) in [4.78, 5) is 3.94. The number of hydrogen-bond donors (Lipinski definition) is 2. The van der Waals surface area contributed by atoms with Crippen LogP contribution in [0.15, 0.2) is 42.7 Å². The highest BCUT2D eigenvalue weighted by atomic mass is 14.7. The van der Waals surface area contributed by atoms with Gasteiger partial charge < -0.3 is 11.5 Å². The molecule has 0 radical (unpaired) electrons. The zero-order valence-corrected chi connectivity index (χ0v) is 7.64. The van der Waals surface area contributed by atoms with Gasteiger partial charge in [0.25, 0.3) is 0 Å². The summed E-state index contributed by atoms with van der Waals surface area (Å²) < 4.78 is 0. The van der Waals surface area contributed by atoms with Crippen molar-refractivity contribution in [3.8, 4) is 11.1 Å². The Morgan fingerprint density at radius 1 is 0.929 bits per heavy atom. The van der Waals surface area contributed by atoms with Crippen LogP contribution in [0.5, 0.6) is 0 Å². The molecule has 0 spiro atoms. The predicted molar refractivity (Wildman–Crippen MR) is 58.5 cm³/mol. The van der Waals surface area contributed by atoms with E-state index in [1.807, 2.05) is 30.3 Å². The molecule has 4 N–H and O–H groups in total. The molecule has 0 amide bonds. The highest BCUT2D eigenvalue weighted by molar-refractivity contribution is 5.76. The second-order valence-electron chi connectivity index (χ2n) is 3.08. The van der Waals surface area contributed by atoms with E-state index in [2.05, 4.69) is 4.98 Å². The average Bonchev–Trinajstić information content (AvgIpc) is 2.20. The summed E-state index contributed by atoms with van der Waals surface area (Å²) in [7, 11) is 0. The van der Waals surface area contributed by atoms with Crippen molar-refractivity contribution >= 4 is 11.4 Å². The van der Waals surface area contributed by atoms with Crippen molar-refractivity contribution in [2.45, 2.75) is 0 Å². The van der Waals surface area contributed by atoms with Gasteiger partial charge in [0.15, 0.2) is 0 Å². The minimum absolute atomic E-state index is 0.678. The van der Waals surface area contributed by atoms with Gasteiger partial charge in [0, 0.05) is 17.4 Å². The molecule has 1 aromatic heterocycles. The molecule has 2 rings (SSSR count). The van der Waals surface area contributed by atoms with E-state index in [0.29, 0.717) is 5.69 Å². The Morgan fingerprint density at radius 2 is 1.64 bits per heavy atom. The van der Waals surface area contributed by atoms with Gasteiger partial charge in [-0.15, -0.1) is 0 Å². The molecular weight excluding hydrogens is 174 g/mol. The van der Waals surface area contributed by atoms with Crippen LogP contribution in [0, 0.1) is 0 Å². The lowest BCUT2D eigenvalue weighted by atomic mass is 10.1. The summed E-state index contributed by atoms with van der Waals surface area (Å²) in [6.45, 7) is 0. The SMILES string of the molecule is Nc1ccc(-c2ccncc2N)cc1. The number of rotatable bonds is 1. The maximum atomic E-state index is 5.80. The fourth-order valence-corrected chi connectivity index (χ4v) is 1.33. The van der Waals surface area contributed by atoms with E-state index < -0.39 is 0 Å². The number of pyridine rings is 1. The van der Waals surface area contributed by atoms with Crippen LogP contribution in [0.25, 0.3) is 11.1 Å². The Kier molecular flexibility index (Phi) is 2.07. The molecule has 0 bridgehead atoms. The Bertz CT molecular complexity index is 435. The first-order chi connectivity index (χ1) is 6.77. The molecule has 0 aliphatic carbocycles. The highest BCUT2D eigenvalue weighted by Gasteiger charge is 2.00. The number of nitrogen functional groups attached to an aromatic ring is 2. The highest BCUT2D eigenvalue weighted by Crippen LogP contribution is 2.24. The first kappa shape index (κ1) is 8.56. The quantitative estimate of drug-likeness (QED) is 0.667. The number of aromatic nitrogens is 1. The van der Waals surface area contributed by atoms with Crippen LogP contribution in [0.4, 0.5) is 11.4 Å². The van der Waals surface area contributed by atoms with Crippen molar-refractivity contribution in [1.82, 2.24) is 4.98 Å². The largest absolute Gasteiger partial charge is 0.399 e. The van der Waals surface area contributed by atoms with Gasteiger partial charge in [0.1, 0.15) is 0 Å². The molecule has 0 aliphatic heterocycles. The van der Waals surface area contributed by atoms with E-state index in [4.69, 9.17) is 11.5 Å². The van der Waals surface area contributed by atoms with Gasteiger partial charge in [-0.05, 0) is 23.8 Å². The number of nitrogens with zero attached hydrogens (tertiary/aromatic N) is 1. The Labute approximate surface area is 82.4 Å². The molecule has 1 aromatic carbocycles. The van der Waals surface area contributed by atoms with Crippen molar-refractivity contribution in [1.29, 1.82) is 0 Å². The number of nitrogens with two attached hydrogens (primary N) is 2. The summed E-state index contributed by atoms with van der Waals surface area (Å²) in [5, 5.41) is 0. The number of hydrogen-bond acceptors (Lipinski definition) is 3. The fourth-order valence-electron chi connectivity index (χ4n) is 1.33. The van der Waals surface area contributed by atoms with Gasteiger partial charge >= 0.3 is 0 Å². The van der Waals surface area contributed by atoms with Crippen molar-refractivity contribution < 1.29 is 0 Å². The molecule has 0 saturated carbocycles. The topological polar surface area (TPSA) is 64.9 Å². The Balaban J connectivity index is 2.50. The molecule has 0 fully saturated rings. The maximum absolute atomic E-state index is 5.80. The zero-order valence-electron chi connectivity index (χ0n) is 7.64. The first-order valence-corrected chi connectivity index (χ1v) is 4.33. The first-order valence-electron chi connectivity index (χ1n) is 4.33. The average molecular weight is 185 g/mol. The van der Waals surface area contributed by atoms with Crippen molar-refractivity contribution in [3.05, 3.63) is 42.7 Å². The molecule has 0 saturated heterocycles. The third-order valence-electron chi connectivity index (χ3n) is 2.07. The summed E-state index contributed by atoms with van der Waals surface area (Å²) in [5.74, 6) is 0. The van der Waals surface area contributed by atoms with Gasteiger partial charge in [-0.25, -0.2) is 0 Å². The maximum Gasteiger partial charge on any atom is 0.0580 e. The van der Waals surface area contributed by atoms with Gasteiger partial charge in [-0.3, -0.25) is 4.98 Å². The molecule has 2 aromatic rings. The zero-order chi connectivity index (χ0) is 9.97. The minimum atomic E-state index is 0.678. The lowest BCUT2D eigenvalue weighted by Gasteiger charge is -2.04. The second kappa shape index (κ2) is 3.38. The van der Waals surface area contributed by atoms with Crippen LogP contribution in [-0.4, -0.2) is 4.98 Å². The van der Waals surface area contributed by atoms with E-state index in [1.165, 1.54) is 0 Å². The van der Waals surface area contributed by atoms with Crippen molar-refractivity contribution in [3.63, 3.8) is 0 Å². The normalized spacial score (nSPS) is 10.0. The molecule has 0 unspecified atom stereocenters. The minimum Gasteiger partial charge on any atom is -0.399 e. The summed E-state index contributed by atoms with van der Waals surface area (Å²) in [6, 6.07) is 9.49. The van der Waals surface area contributed by atoms with Crippen LogP contribution in [0.2, 0.25) is 0 Å². The summed E-state index contributed by atoms with van der Waals surface area (Å²) >= 11 is 0. The van der Waals surface area contributed by atoms with Gasteiger partial charge in [0.2, 0.25) is 0 Å². The Morgan fingerprint density at radius 3 is 2.29 bits per heavy atom. The number of anilines is 2. The molecule has 3 heteroatoms. The van der Waals surface area contributed by atoms with Gasteiger partial charge in [-0.1, -0.05) is 12.1 Å². The van der Waals surface area contributed by atoms with Gasteiger partial charge in [-0.2, -0.15) is 0 Å². The molecule has 1 heterocycles. The lowest BCUT2D eigenvalue weighted by Crippen LogP contribution is -1.91. The van der Waals surface area contributed by atoms with Crippen LogP contribution in [-0.2, 0) is 0 Å². The predicted octanol–water partition coefficient (Wildman–Crippen LogP) is 1.91. The number of benzene rings is 1. The van der Waals surface area contributed by atoms with Crippen molar-refractivity contribution in [2.24, 2.45) is 0 Å². The molecule has 14 heavy (non-hydrogen) atoms. The van der Waals surface area contributed by atoms with Gasteiger partial charge in [0.05, 0.1) is 11.9 Å². The van der Waals surface area contributed by atoms with Crippen LogP contribution in [0.1, 0.15) is 0 Å². The molecule has 0 atom stereocenters. The van der Waals surface area contributed by atoms with Crippen LogP contribution in [0.3, 0.4) is 0 Å². The third kappa shape index (κ3) is 1.52. The van der Waals surface area contributed by atoms with Crippen LogP contribution >= 0.6 is 0 Å². The second-order valence-corrected chi connectivity index (χ2v) is 3.08. The molecule has 3 nitrogen and oxygen atoms in total. The smallest absolute Gasteiger partial charge is 0.0580 e. The molecule has 0 aliphatic rings. The molecular formula is C11H11N3. The summed E-state index contributed by atoms with van der Waals surface area (Å²) in [6.07, 6.45) is 3.37. The monoisotopic (exact) mass is 185 g/mol. The summed E-state index contributed by atoms with van der Waals surface area (Å²) in [5.41, 5.74) is 14.9. The van der Waals surface area contributed by atoms with Crippen molar-refractivity contribution in [2.75, 3.05) is 11.5 Å². The molecule has 70 valence electrons. The fraction of sp³-hybridized carbons (Fsp3) is 0. The Hall–Kier alpha value is -2.03. The van der Waals surface area contributed by atoms with E-state index in [1.54, 1.807) is 12.4 Å². The van der Waals surface area contributed by atoms with Crippen LogP contribution < -0.4 is 11.5 Å². The van der Waals surface area contributed by atoms with E-state index in [0.717, 1.165) is 16.8 Å². The van der Waals surface area contributed by atoms with E-state index in [9.17, 15) is 0 Å². The standard InChI is InChI=1S/C11H11N3/c12-9-3-1-8(2-4-9)10-5-6-14-7-11(10)13/h1-7H,12-13H2.